The van der Waals surface area contributed by atoms with Gasteiger partial charge in [0.05, 0.1) is 19.6 Å². The van der Waals surface area contributed by atoms with Gasteiger partial charge in [-0.15, -0.1) is 0 Å². The third-order valence-electron chi connectivity index (χ3n) is 4.11. The van der Waals surface area contributed by atoms with Crippen molar-refractivity contribution >= 4 is 17.8 Å². The van der Waals surface area contributed by atoms with Crippen molar-refractivity contribution in [2.75, 3.05) is 13.7 Å². The number of carbonyl (C=O) groups excluding carboxylic acids is 3. The first-order chi connectivity index (χ1) is 12.1. The first kappa shape index (κ1) is 16.7. The van der Waals surface area contributed by atoms with Gasteiger partial charge in [0.1, 0.15) is 0 Å². The van der Waals surface area contributed by atoms with E-state index in [1.54, 1.807) is 12.1 Å². The molecule has 0 radical (unpaired) electrons. The minimum atomic E-state index is -0.647. The van der Waals surface area contributed by atoms with E-state index in [1.165, 1.54) is 12.1 Å². The fourth-order valence-corrected chi connectivity index (χ4v) is 2.80. The summed E-state index contributed by atoms with van der Waals surface area (Å²) >= 11 is 0. The van der Waals surface area contributed by atoms with Crippen LogP contribution >= 0.6 is 0 Å². The fourth-order valence-electron chi connectivity index (χ4n) is 2.80. The lowest BCUT2D eigenvalue weighted by Gasteiger charge is -2.31. The van der Waals surface area contributed by atoms with Gasteiger partial charge in [0, 0.05) is 12.0 Å². The van der Waals surface area contributed by atoms with Crippen LogP contribution in [0.2, 0.25) is 0 Å². The SMILES string of the molecule is COC(=O)C1CC(=O)NN(C(=O)c2ccc(-c3ccccc3)cc2)C1. The highest BCUT2D eigenvalue weighted by atomic mass is 16.5. The van der Waals surface area contributed by atoms with E-state index in [4.69, 9.17) is 0 Å². The lowest BCUT2D eigenvalue weighted by Crippen LogP contribution is -2.54. The number of rotatable bonds is 3. The Morgan fingerprint density at radius 3 is 2.32 bits per heavy atom. The number of hydrogen-bond donors (Lipinski definition) is 1. The van der Waals surface area contributed by atoms with Crippen molar-refractivity contribution in [2.45, 2.75) is 6.42 Å². The minimum absolute atomic E-state index is 0.0173. The fraction of sp³-hybridized carbons (Fsp3) is 0.211. The molecule has 25 heavy (non-hydrogen) atoms. The molecule has 0 spiro atoms. The van der Waals surface area contributed by atoms with Crippen LogP contribution in [0.4, 0.5) is 0 Å². The van der Waals surface area contributed by atoms with Crippen LogP contribution in [-0.2, 0) is 14.3 Å². The van der Waals surface area contributed by atoms with E-state index < -0.39 is 11.9 Å². The summed E-state index contributed by atoms with van der Waals surface area (Å²) in [5.41, 5.74) is 4.99. The Labute approximate surface area is 145 Å². The lowest BCUT2D eigenvalue weighted by molar-refractivity contribution is -0.151. The Bertz CT molecular complexity index is 787. The van der Waals surface area contributed by atoms with E-state index in [2.05, 4.69) is 10.2 Å². The van der Waals surface area contributed by atoms with Crippen molar-refractivity contribution in [3.05, 3.63) is 60.2 Å². The van der Waals surface area contributed by atoms with Gasteiger partial charge >= 0.3 is 5.97 Å². The van der Waals surface area contributed by atoms with Gasteiger partial charge in [0.2, 0.25) is 5.91 Å². The second-order valence-corrected chi connectivity index (χ2v) is 5.82. The number of esters is 1. The summed E-state index contributed by atoms with van der Waals surface area (Å²) in [5.74, 6) is -1.88. The zero-order valence-electron chi connectivity index (χ0n) is 13.8. The second kappa shape index (κ2) is 7.17. The van der Waals surface area contributed by atoms with Gasteiger partial charge in [0.25, 0.3) is 5.91 Å². The molecule has 1 aliphatic heterocycles. The maximum Gasteiger partial charge on any atom is 0.311 e. The summed E-state index contributed by atoms with van der Waals surface area (Å²) in [7, 11) is 1.27. The lowest BCUT2D eigenvalue weighted by atomic mass is 10.0. The van der Waals surface area contributed by atoms with Crippen LogP contribution in [0.5, 0.6) is 0 Å². The van der Waals surface area contributed by atoms with E-state index >= 15 is 0 Å². The smallest absolute Gasteiger partial charge is 0.311 e. The Morgan fingerprint density at radius 2 is 1.68 bits per heavy atom. The molecule has 0 aliphatic carbocycles. The monoisotopic (exact) mass is 338 g/mol. The summed E-state index contributed by atoms with van der Waals surface area (Å²) in [6.07, 6.45) is 0.0173. The highest BCUT2D eigenvalue weighted by Crippen LogP contribution is 2.21. The molecule has 1 aliphatic rings. The van der Waals surface area contributed by atoms with Crippen LogP contribution in [0.15, 0.2) is 54.6 Å². The van der Waals surface area contributed by atoms with E-state index in [0.717, 1.165) is 11.1 Å². The van der Waals surface area contributed by atoms with E-state index in [0.29, 0.717) is 5.56 Å². The molecule has 1 N–H and O–H groups in total. The molecule has 1 unspecified atom stereocenters. The molecule has 1 heterocycles. The zero-order chi connectivity index (χ0) is 17.8. The van der Waals surface area contributed by atoms with Crippen molar-refractivity contribution in [3.63, 3.8) is 0 Å². The predicted octanol–water partition coefficient (Wildman–Crippen LogP) is 2.02. The number of hydrazine groups is 1. The molecule has 2 aromatic rings. The van der Waals surface area contributed by atoms with Crippen LogP contribution in [0.1, 0.15) is 16.8 Å². The van der Waals surface area contributed by atoms with Crippen LogP contribution in [0.25, 0.3) is 11.1 Å². The first-order valence-corrected chi connectivity index (χ1v) is 7.93. The van der Waals surface area contributed by atoms with Gasteiger partial charge in [-0.05, 0) is 23.3 Å². The Kier molecular flexibility index (Phi) is 4.79. The number of hydrogen-bond acceptors (Lipinski definition) is 4. The highest BCUT2D eigenvalue weighted by molar-refractivity contribution is 5.97. The van der Waals surface area contributed by atoms with Gasteiger partial charge < -0.3 is 4.74 Å². The van der Waals surface area contributed by atoms with Crippen LogP contribution in [0, 0.1) is 5.92 Å². The average molecular weight is 338 g/mol. The normalized spacial score (nSPS) is 16.9. The van der Waals surface area contributed by atoms with Crippen LogP contribution < -0.4 is 5.43 Å². The molecular weight excluding hydrogens is 320 g/mol. The van der Waals surface area contributed by atoms with E-state index in [9.17, 15) is 14.4 Å². The molecule has 0 saturated carbocycles. The molecule has 3 rings (SSSR count). The number of ether oxygens (including phenoxy) is 1. The third-order valence-corrected chi connectivity index (χ3v) is 4.11. The summed E-state index contributed by atoms with van der Waals surface area (Å²) in [6, 6.07) is 16.9. The predicted molar refractivity (Wildman–Crippen MR) is 91.2 cm³/mol. The number of methoxy groups -OCH3 is 1. The average Bonchev–Trinajstić information content (AvgIpc) is 2.67. The standard InChI is InChI=1S/C19H18N2O4/c1-25-19(24)16-11-17(22)20-21(12-16)18(23)15-9-7-14(8-10-15)13-5-3-2-4-6-13/h2-10,16H,11-12H2,1H3,(H,20,22). The Morgan fingerprint density at radius 1 is 1.04 bits per heavy atom. The third kappa shape index (κ3) is 3.68. The van der Waals surface area contributed by atoms with Crippen molar-refractivity contribution < 1.29 is 19.1 Å². The number of nitrogens with zero attached hydrogens (tertiary/aromatic N) is 1. The molecule has 1 fully saturated rings. The van der Waals surface area contributed by atoms with Gasteiger partial charge in [-0.1, -0.05) is 42.5 Å². The van der Waals surface area contributed by atoms with E-state index in [1.807, 2.05) is 42.5 Å². The summed E-state index contributed by atoms with van der Waals surface area (Å²) in [6.45, 7) is 0.0949. The molecule has 1 saturated heterocycles. The Balaban J connectivity index is 1.76. The molecule has 2 amide bonds. The molecule has 0 bridgehead atoms. The molecule has 0 aromatic heterocycles. The van der Waals surface area contributed by atoms with Crippen LogP contribution in [-0.4, -0.2) is 36.4 Å². The Hall–Kier alpha value is -3.15. The first-order valence-electron chi connectivity index (χ1n) is 7.93. The number of carbonyl (C=O) groups is 3. The molecular formula is C19H18N2O4. The van der Waals surface area contributed by atoms with Crippen molar-refractivity contribution in [1.82, 2.24) is 10.4 Å². The molecule has 6 nitrogen and oxygen atoms in total. The second-order valence-electron chi connectivity index (χ2n) is 5.82. The van der Waals surface area contributed by atoms with Crippen LogP contribution in [0.3, 0.4) is 0 Å². The molecule has 128 valence electrons. The minimum Gasteiger partial charge on any atom is -0.469 e. The summed E-state index contributed by atoms with van der Waals surface area (Å²) < 4.78 is 4.68. The highest BCUT2D eigenvalue weighted by Gasteiger charge is 2.33. The summed E-state index contributed by atoms with van der Waals surface area (Å²) in [4.78, 5) is 36.1. The molecule has 1 atom stereocenters. The molecule has 2 aromatic carbocycles. The quantitative estimate of drug-likeness (QED) is 0.869. The largest absolute Gasteiger partial charge is 0.469 e. The maximum absolute atomic E-state index is 12.6. The van der Waals surface area contributed by atoms with Gasteiger partial charge in [0.15, 0.2) is 0 Å². The summed E-state index contributed by atoms with van der Waals surface area (Å²) in [5, 5.41) is 1.17. The van der Waals surface area contributed by atoms with Gasteiger partial charge in [-0.25, -0.2) is 5.01 Å². The topological polar surface area (TPSA) is 75.7 Å². The van der Waals surface area contributed by atoms with Crippen molar-refractivity contribution in [3.8, 4) is 11.1 Å². The number of nitrogens with one attached hydrogen (secondary N) is 1. The number of benzene rings is 2. The van der Waals surface area contributed by atoms with Crippen molar-refractivity contribution in [1.29, 1.82) is 0 Å². The number of amides is 2. The molecule has 6 heteroatoms. The maximum atomic E-state index is 12.6. The van der Waals surface area contributed by atoms with E-state index in [-0.39, 0.29) is 24.8 Å². The van der Waals surface area contributed by atoms with Crippen molar-refractivity contribution in [2.24, 2.45) is 5.92 Å². The zero-order valence-corrected chi connectivity index (χ0v) is 13.8. The van der Waals surface area contributed by atoms with Gasteiger partial charge in [-0.2, -0.15) is 0 Å². The van der Waals surface area contributed by atoms with Gasteiger partial charge in [-0.3, -0.25) is 19.8 Å².